The number of aromatic hydroxyl groups is 1. The Hall–Kier alpha value is -2.86. The number of phenols is 1. The fraction of sp³-hybridized carbons (Fsp3) is 0. The number of halogens is 1. The van der Waals surface area contributed by atoms with Gasteiger partial charge in [0.2, 0.25) is 0 Å². The van der Waals surface area contributed by atoms with Gasteiger partial charge in [0, 0.05) is 22.4 Å². The Morgan fingerprint density at radius 1 is 1.17 bits per heavy atom. The molecule has 0 radical (unpaired) electrons. The molecule has 3 aromatic heterocycles. The van der Waals surface area contributed by atoms with Crippen molar-refractivity contribution in [2.24, 2.45) is 4.99 Å². The quantitative estimate of drug-likeness (QED) is 0.517. The molecule has 0 unspecified atom stereocenters. The predicted molar refractivity (Wildman–Crippen MR) is 96.0 cm³/mol. The average Bonchev–Trinajstić information content (AvgIpc) is 3.23. The minimum absolute atomic E-state index is 0.162. The largest absolute Gasteiger partial charge is 0.507 e. The lowest BCUT2D eigenvalue weighted by molar-refractivity contribution is 0.474. The molecular formula is C18H12BrN3O2. The van der Waals surface area contributed by atoms with E-state index in [0.717, 1.165) is 10.1 Å². The predicted octanol–water partition coefficient (Wildman–Crippen LogP) is 4.81. The van der Waals surface area contributed by atoms with Crippen molar-refractivity contribution in [3.8, 4) is 17.2 Å². The van der Waals surface area contributed by atoms with Crippen LogP contribution in [0.5, 0.6) is 5.75 Å². The maximum Gasteiger partial charge on any atom is 0.168 e. The number of rotatable bonds is 3. The number of nitrogens with zero attached hydrogens (tertiary/aromatic N) is 3. The van der Waals surface area contributed by atoms with Gasteiger partial charge >= 0.3 is 0 Å². The topological polar surface area (TPSA) is 63.0 Å². The van der Waals surface area contributed by atoms with Crippen molar-refractivity contribution in [2.75, 3.05) is 0 Å². The van der Waals surface area contributed by atoms with Crippen molar-refractivity contribution in [2.45, 2.75) is 0 Å². The van der Waals surface area contributed by atoms with Crippen molar-refractivity contribution in [1.29, 1.82) is 0 Å². The molecule has 3 heterocycles. The molecule has 118 valence electrons. The number of hydrogen-bond donors (Lipinski definition) is 1. The van der Waals surface area contributed by atoms with E-state index in [2.05, 4.69) is 25.9 Å². The van der Waals surface area contributed by atoms with Gasteiger partial charge < -0.3 is 9.52 Å². The second kappa shape index (κ2) is 5.98. The molecule has 0 saturated carbocycles. The molecule has 0 aliphatic carbocycles. The highest BCUT2D eigenvalue weighted by Crippen LogP contribution is 2.31. The highest BCUT2D eigenvalue weighted by molar-refractivity contribution is 9.10. The number of fused-ring (bicyclic) bond motifs is 1. The minimum atomic E-state index is 0.162. The monoisotopic (exact) mass is 381 g/mol. The third-order valence-corrected chi connectivity index (χ3v) is 4.07. The number of furan rings is 1. The first-order valence-electron chi connectivity index (χ1n) is 7.26. The van der Waals surface area contributed by atoms with Crippen LogP contribution in [-0.4, -0.2) is 20.7 Å². The van der Waals surface area contributed by atoms with Gasteiger partial charge in [-0.25, -0.2) is 9.98 Å². The van der Waals surface area contributed by atoms with Gasteiger partial charge in [0.05, 0.1) is 6.26 Å². The molecule has 0 bridgehead atoms. The van der Waals surface area contributed by atoms with Crippen LogP contribution in [0.1, 0.15) is 5.56 Å². The summed E-state index contributed by atoms with van der Waals surface area (Å²) in [6.45, 7) is 0. The first kappa shape index (κ1) is 14.7. The molecular weight excluding hydrogens is 370 g/mol. The minimum Gasteiger partial charge on any atom is -0.507 e. The number of aromatic nitrogens is 2. The third-order valence-electron chi connectivity index (χ3n) is 3.57. The number of imidazole rings is 1. The van der Waals surface area contributed by atoms with E-state index in [4.69, 9.17) is 4.42 Å². The molecule has 0 saturated heterocycles. The lowest BCUT2D eigenvalue weighted by Gasteiger charge is -2.00. The molecule has 0 fully saturated rings. The molecule has 5 nitrogen and oxygen atoms in total. The highest BCUT2D eigenvalue weighted by atomic mass is 79.9. The second-order valence-corrected chi connectivity index (χ2v) is 6.07. The third kappa shape index (κ3) is 2.61. The SMILES string of the molecule is Oc1ccc(Br)cc1C=Nc1c(-c2ccco2)nc2ccccn12. The lowest BCUT2D eigenvalue weighted by atomic mass is 10.2. The van der Waals surface area contributed by atoms with Crippen molar-refractivity contribution in [3.63, 3.8) is 0 Å². The van der Waals surface area contributed by atoms with Crippen molar-refractivity contribution in [1.82, 2.24) is 9.38 Å². The second-order valence-electron chi connectivity index (χ2n) is 5.15. The van der Waals surface area contributed by atoms with Gasteiger partial charge in [0.15, 0.2) is 17.3 Å². The van der Waals surface area contributed by atoms with Crippen molar-refractivity contribution >= 4 is 33.6 Å². The molecule has 6 heteroatoms. The van der Waals surface area contributed by atoms with Crippen LogP contribution >= 0.6 is 15.9 Å². The van der Waals surface area contributed by atoms with E-state index in [1.807, 2.05) is 40.9 Å². The summed E-state index contributed by atoms with van der Waals surface area (Å²) >= 11 is 3.40. The summed E-state index contributed by atoms with van der Waals surface area (Å²) in [5.41, 5.74) is 2.03. The van der Waals surface area contributed by atoms with Gasteiger partial charge in [-0.2, -0.15) is 0 Å². The molecule has 4 rings (SSSR count). The maximum atomic E-state index is 9.98. The van der Waals surface area contributed by atoms with E-state index in [0.29, 0.717) is 22.8 Å². The van der Waals surface area contributed by atoms with Crippen LogP contribution in [0.25, 0.3) is 17.1 Å². The lowest BCUT2D eigenvalue weighted by Crippen LogP contribution is -1.85. The molecule has 1 N–H and O–H groups in total. The van der Waals surface area contributed by atoms with Crippen LogP contribution in [0.2, 0.25) is 0 Å². The fourth-order valence-corrected chi connectivity index (χ4v) is 2.82. The van der Waals surface area contributed by atoms with Crippen LogP contribution in [-0.2, 0) is 0 Å². The number of benzene rings is 1. The van der Waals surface area contributed by atoms with Gasteiger partial charge in [0.25, 0.3) is 0 Å². The normalized spacial score (nSPS) is 11.5. The number of phenolic OH excluding ortho intramolecular Hbond substituents is 1. The van der Waals surface area contributed by atoms with E-state index in [1.54, 1.807) is 30.7 Å². The Kier molecular flexibility index (Phi) is 3.66. The Morgan fingerprint density at radius 2 is 2.08 bits per heavy atom. The van der Waals surface area contributed by atoms with E-state index < -0.39 is 0 Å². The van der Waals surface area contributed by atoms with E-state index in [-0.39, 0.29) is 5.75 Å². The fourth-order valence-electron chi connectivity index (χ4n) is 2.44. The van der Waals surface area contributed by atoms with Gasteiger partial charge in [-0.3, -0.25) is 4.40 Å². The van der Waals surface area contributed by atoms with Crippen LogP contribution in [0.3, 0.4) is 0 Å². The standard InChI is InChI=1S/C18H12BrN3O2/c19-13-6-7-14(23)12(10-13)11-20-18-17(15-4-3-9-24-15)21-16-5-1-2-8-22(16)18/h1-11,23H. The molecule has 24 heavy (non-hydrogen) atoms. The van der Waals surface area contributed by atoms with Crippen LogP contribution in [0, 0.1) is 0 Å². The first-order chi connectivity index (χ1) is 11.7. The van der Waals surface area contributed by atoms with Gasteiger partial charge in [-0.05, 0) is 42.5 Å². The van der Waals surface area contributed by atoms with Gasteiger partial charge in [0.1, 0.15) is 11.4 Å². The molecule has 0 amide bonds. The smallest absolute Gasteiger partial charge is 0.168 e. The number of hydrogen-bond acceptors (Lipinski definition) is 4. The number of aliphatic imine (C=N–C) groups is 1. The Balaban J connectivity index is 1.87. The zero-order chi connectivity index (χ0) is 16.5. The molecule has 0 atom stereocenters. The zero-order valence-electron chi connectivity index (χ0n) is 12.4. The summed E-state index contributed by atoms with van der Waals surface area (Å²) in [6, 6.07) is 14.6. The van der Waals surface area contributed by atoms with Crippen molar-refractivity contribution < 1.29 is 9.52 Å². The van der Waals surface area contributed by atoms with E-state index in [9.17, 15) is 5.11 Å². The zero-order valence-corrected chi connectivity index (χ0v) is 14.0. The highest BCUT2D eigenvalue weighted by Gasteiger charge is 2.15. The molecule has 0 spiro atoms. The number of pyridine rings is 1. The van der Waals surface area contributed by atoms with Crippen LogP contribution in [0.15, 0.2) is 74.9 Å². The molecule has 1 aromatic carbocycles. The van der Waals surface area contributed by atoms with E-state index in [1.165, 1.54) is 0 Å². The van der Waals surface area contributed by atoms with E-state index >= 15 is 0 Å². The van der Waals surface area contributed by atoms with Crippen LogP contribution < -0.4 is 0 Å². The summed E-state index contributed by atoms with van der Waals surface area (Å²) < 4.78 is 8.22. The summed E-state index contributed by atoms with van der Waals surface area (Å²) in [5.74, 6) is 1.44. The Bertz CT molecular complexity index is 1040. The first-order valence-corrected chi connectivity index (χ1v) is 8.05. The summed E-state index contributed by atoms with van der Waals surface area (Å²) in [4.78, 5) is 9.15. The summed E-state index contributed by atoms with van der Waals surface area (Å²) in [6.07, 6.45) is 5.11. The Morgan fingerprint density at radius 3 is 2.92 bits per heavy atom. The maximum absolute atomic E-state index is 9.98. The van der Waals surface area contributed by atoms with Crippen LogP contribution in [0.4, 0.5) is 5.82 Å². The van der Waals surface area contributed by atoms with Gasteiger partial charge in [-0.15, -0.1) is 0 Å². The summed E-state index contributed by atoms with van der Waals surface area (Å²) in [5, 5.41) is 9.98. The van der Waals surface area contributed by atoms with Crippen molar-refractivity contribution in [3.05, 3.63) is 71.0 Å². The summed E-state index contributed by atoms with van der Waals surface area (Å²) in [7, 11) is 0. The Labute approximate surface area is 146 Å². The molecule has 0 aliphatic heterocycles. The molecule has 0 aliphatic rings. The van der Waals surface area contributed by atoms with Gasteiger partial charge in [-0.1, -0.05) is 22.0 Å². The molecule has 4 aromatic rings. The average molecular weight is 382 g/mol.